The van der Waals surface area contributed by atoms with Crippen molar-refractivity contribution in [1.29, 1.82) is 0 Å². The second-order valence-corrected chi connectivity index (χ2v) is 3.12. The van der Waals surface area contributed by atoms with Crippen molar-refractivity contribution in [3.8, 4) is 0 Å². The van der Waals surface area contributed by atoms with E-state index in [-0.39, 0.29) is 6.17 Å². The van der Waals surface area contributed by atoms with E-state index in [2.05, 4.69) is 9.93 Å². The molecule has 0 aromatic carbocycles. The summed E-state index contributed by atoms with van der Waals surface area (Å²) in [6.45, 7) is 0.437. The van der Waals surface area contributed by atoms with Crippen molar-refractivity contribution in [2.45, 2.75) is 44.7 Å². The lowest BCUT2D eigenvalue weighted by atomic mass is 10.1. The van der Waals surface area contributed by atoms with Gasteiger partial charge in [0, 0.05) is 0 Å². The first-order valence-electron chi connectivity index (χ1n) is 4.71. The normalized spacial score (nSPS) is 11.1. The molecule has 0 amide bonds. The third kappa shape index (κ3) is 11.8. The Labute approximate surface area is 78.9 Å². The number of hydrogen-bond donors (Lipinski definition) is 3. The largest absolute Gasteiger partial charge is 0.316 e. The SMILES string of the molecule is NC(N)CCCCCCCOOO. The van der Waals surface area contributed by atoms with E-state index in [4.69, 9.17) is 16.7 Å². The van der Waals surface area contributed by atoms with Crippen molar-refractivity contribution >= 4 is 0 Å². The molecule has 0 spiro atoms. The van der Waals surface area contributed by atoms with Crippen LogP contribution in [0.25, 0.3) is 0 Å². The summed E-state index contributed by atoms with van der Waals surface area (Å²) in [5.41, 5.74) is 10.8. The van der Waals surface area contributed by atoms with E-state index < -0.39 is 0 Å². The lowest BCUT2D eigenvalue weighted by molar-refractivity contribution is -0.490. The van der Waals surface area contributed by atoms with Gasteiger partial charge in [-0.1, -0.05) is 30.7 Å². The van der Waals surface area contributed by atoms with Crippen molar-refractivity contribution in [1.82, 2.24) is 0 Å². The van der Waals surface area contributed by atoms with E-state index in [0.29, 0.717) is 6.61 Å². The van der Waals surface area contributed by atoms with Crippen LogP contribution in [-0.4, -0.2) is 18.0 Å². The maximum absolute atomic E-state index is 7.82. The molecule has 0 saturated heterocycles. The Morgan fingerprint density at radius 2 is 1.62 bits per heavy atom. The highest BCUT2D eigenvalue weighted by Crippen LogP contribution is 2.05. The Morgan fingerprint density at radius 1 is 1.00 bits per heavy atom. The van der Waals surface area contributed by atoms with Gasteiger partial charge in [-0.25, -0.2) is 10.1 Å². The van der Waals surface area contributed by atoms with Crippen LogP contribution in [0.2, 0.25) is 0 Å². The Morgan fingerprint density at radius 3 is 2.23 bits per heavy atom. The van der Waals surface area contributed by atoms with Crippen LogP contribution in [0.3, 0.4) is 0 Å². The third-order valence-corrected chi connectivity index (χ3v) is 1.82. The summed E-state index contributed by atoms with van der Waals surface area (Å²) in [7, 11) is 0. The van der Waals surface area contributed by atoms with Crippen LogP contribution < -0.4 is 11.5 Å². The molecular weight excluding hydrogens is 172 g/mol. The molecule has 0 radical (unpaired) electrons. The summed E-state index contributed by atoms with van der Waals surface area (Å²) >= 11 is 0. The lowest BCUT2D eigenvalue weighted by Gasteiger charge is -2.04. The predicted molar refractivity (Wildman–Crippen MR) is 49.5 cm³/mol. The van der Waals surface area contributed by atoms with Gasteiger partial charge in [0.2, 0.25) is 0 Å². The summed E-state index contributed by atoms with van der Waals surface area (Å²) in [5, 5.41) is 11.3. The molecule has 0 saturated carbocycles. The second kappa shape index (κ2) is 9.88. The quantitative estimate of drug-likeness (QED) is 0.219. The van der Waals surface area contributed by atoms with Gasteiger partial charge in [-0.3, -0.25) is 0 Å². The summed E-state index contributed by atoms with van der Waals surface area (Å²) in [4.78, 5) is 4.29. The molecule has 0 fully saturated rings. The highest BCUT2D eigenvalue weighted by molar-refractivity contribution is 4.51. The van der Waals surface area contributed by atoms with Gasteiger partial charge in [-0.2, -0.15) is 0 Å². The summed E-state index contributed by atoms with van der Waals surface area (Å²) in [6.07, 6.45) is 6.04. The molecule has 0 aliphatic heterocycles. The molecule has 5 nitrogen and oxygen atoms in total. The van der Waals surface area contributed by atoms with Gasteiger partial charge in [-0.15, -0.1) is 0 Å². The molecule has 0 atom stereocenters. The number of rotatable bonds is 9. The van der Waals surface area contributed by atoms with Crippen LogP contribution in [0, 0.1) is 0 Å². The molecule has 0 unspecified atom stereocenters. The highest BCUT2D eigenvalue weighted by Gasteiger charge is 1.94. The fourth-order valence-corrected chi connectivity index (χ4v) is 1.11. The Hall–Kier alpha value is -0.200. The van der Waals surface area contributed by atoms with E-state index in [0.717, 1.165) is 38.5 Å². The van der Waals surface area contributed by atoms with Crippen LogP contribution in [-0.2, 0) is 9.93 Å². The summed E-state index contributed by atoms with van der Waals surface area (Å²) in [5.74, 6) is 0. The Balaban J connectivity index is 2.84. The summed E-state index contributed by atoms with van der Waals surface area (Å²) < 4.78 is 0. The standard InChI is InChI=1S/C8H20N2O3/c9-8(10)6-4-2-1-3-5-7-12-13-11/h8,11H,1-7,9-10H2. The lowest BCUT2D eigenvalue weighted by Crippen LogP contribution is -2.29. The van der Waals surface area contributed by atoms with Crippen LogP contribution in [0.15, 0.2) is 0 Å². The first kappa shape index (κ1) is 12.8. The first-order valence-corrected chi connectivity index (χ1v) is 4.71. The molecule has 0 aliphatic carbocycles. The number of hydrogen-bond acceptors (Lipinski definition) is 5. The van der Waals surface area contributed by atoms with Crippen molar-refractivity contribution in [3.63, 3.8) is 0 Å². The number of unbranched alkanes of at least 4 members (excludes halogenated alkanes) is 4. The van der Waals surface area contributed by atoms with Gasteiger partial charge in [-0.05, 0) is 12.8 Å². The molecule has 0 aromatic heterocycles. The van der Waals surface area contributed by atoms with E-state index in [1.54, 1.807) is 0 Å². The van der Waals surface area contributed by atoms with Crippen LogP contribution in [0.5, 0.6) is 0 Å². The molecule has 0 aliphatic rings. The molecule has 0 rings (SSSR count). The van der Waals surface area contributed by atoms with E-state index in [1.807, 2.05) is 0 Å². The van der Waals surface area contributed by atoms with Gasteiger partial charge < -0.3 is 11.5 Å². The van der Waals surface area contributed by atoms with Gasteiger partial charge in [0.05, 0.1) is 12.8 Å². The Bertz CT molecular complexity index is 101. The first-order chi connectivity index (χ1) is 6.27. The smallest absolute Gasteiger partial charge is 0.0853 e. The monoisotopic (exact) mass is 192 g/mol. The van der Waals surface area contributed by atoms with Crippen LogP contribution in [0.4, 0.5) is 0 Å². The minimum atomic E-state index is -0.175. The molecule has 0 heterocycles. The third-order valence-electron chi connectivity index (χ3n) is 1.82. The molecule has 0 bridgehead atoms. The van der Waals surface area contributed by atoms with Crippen molar-refractivity contribution in [2.24, 2.45) is 11.5 Å². The average molecular weight is 192 g/mol. The highest BCUT2D eigenvalue weighted by atomic mass is 17.5. The van der Waals surface area contributed by atoms with Crippen molar-refractivity contribution < 1.29 is 15.2 Å². The maximum Gasteiger partial charge on any atom is 0.0853 e. The fourth-order valence-electron chi connectivity index (χ4n) is 1.11. The van der Waals surface area contributed by atoms with E-state index >= 15 is 0 Å². The zero-order valence-electron chi connectivity index (χ0n) is 7.95. The van der Waals surface area contributed by atoms with Gasteiger partial charge in [0.25, 0.3) is 0 Å². The molecule has 5 heteroatoms. The zero-order valence-corrected chi connectivity index (χ0v) is 7.95. The predicted octanol–water partition coefficient (Wildman–Crippen LogP) is 0.992. The zero-order chi connectivity index (χ0) is 9.94. The minimum absolute atomic E-state index is 0.175. The molecular formula is C8H20N2O3. The fraction of sp³-hybridized carbons (Fsp3) is 1.00. The summed E-state index contributed by atoms with van der Waals surface area (Å²) in [6, 6.07) is 0. The topological polar surface area (TPSA) is 90.7 Å². The maximum atomic E-state index is 7.82. The van der Waals surface area contributed by atoms with Gasteiger partial charge in [0.1, 0.15) is 0 Å². The van der Waals surface area contributed by atoms with E-state index in [1.165, 1.54) is 0 Å². The molecule has 13 heavy (non-hydrogen) atoms. The van der Waals surface area contributed by atoms with E-state index in [9.17, 15) is 0 Å². The molecule has 0 aromatic rings. The van der Waals surface area contributed by atoms with Crippen molar-refractivity contribution in [3.05, 3.63) is 0 Å². The van der Waals surface area contributed by atoms with Crippen LogP contribution in [0.1, 0.15) is 38.5 Å². The Kier molecular flexibility index (Phi) is 9.73. The van der Waals surface area contributed by atoms with Gasteiger partial charge >= 0.3 is 0 Å². The average Bonchev–Trinajstić information content (AvgIpc) is 2.09. The van der Waals surface area contributed by atoms with Gasteiger partial charge in [0.15, 0.2) is 0 Å². The number of nitrogens with two attached hydrogens (primary N) is 2. The van der Waals surface area contributed by atoms with Crippen LogP contribution >= 0.6 is 0 Å². The van der Waals surface area contributed by atoms with Crippen molar-refractivity contribution in [2.75, 3.05) is 6.61 Å². The second-order valence-electron chi connectivity index (χ2n) is 3.12. The molecule has 80 valence electrons. The molecule has 5 N–H and O–H groups in total. The minimum Gasteiger partial charge on any atom is -0.316 e.